The highest BCUT2D eigenvalue weighted by atomic mass is 16.5. The first-order valence-electron chi connectivity index (χ1n) is 7.79. The van der Waals surface area contributed by atoms with E-state index >= 15 is 0 Å². The summed E-state index contributed by atoms with van der Waals surface area (Å²) in [4.78, 5) is 17.0. The second-order valence-electron chi connectivity index (χ2n) is 5.30. The average molecular weight is 350 g/mol. The standard InChI is InChI=1S/C18H17N5O3/c1-26-15-9-7-14(8-10-15)12-20-23-18(25)16(21-22-23)17(24)19-11-13-5-3-2-4-6-13/h2-10,12,22H,11H2,1H3,(H,19,24)/p-1/b20-12+. The summed E-state index contributed by atoms with van der Waals surface area (Å²) in [7, 11) is 1.58. The quantitative estimate of drug-likeness (QED) is 0.523. The van der Waals surface area contributed by atoms with Crippen molar-refractivity contribution in [3.8, 4) is 5.75 Å². The Morgan fingerprint density at radius 2 is 1.96 bits per heavy atom. The number of methoxy groups -OCH3 is 1. The molecule has 0 aliphatic carbocycles. The second-order valence-corrected chi connectivity index (χ2v) is 5.30. The molecule has 0 aliphatic heterocycles. The summed E-state index contributed by atoms with van der Waals surface area (Å²) in [5.74, 6) is 0.0299. The van der Waals surface area contributed by atoms with E-state index < -0.39 is 11.5 Å². The lowest BCUT2D eigenvalue weighted by Gasteiger charge is -2.05. The van der Waals surface area contributed by atoms with Crippen molar-refractivity contribution in [3.63, 3.8) is 0 Å². The Bertz CT molecular complexity index is 972. The Morgan fingerprint density at radius 1 is 1.23 bits per heavy atom. The molecule has 1 aromatic heterocycles. The van der Waals surface area contributed by atoms with E-state index in [-0.39, 0.29) is 12.2 Å². The Hall–Kier alpha value is -3.68. The normalized spacial score (nSPS) is 11.8. The third kappa shape index (κ3) is 4.04. The summed E-state index contributed by atoms with van der Waals surface area (Å²) >= 11 is 0. The monoisotopic (exact) mass is 350 g/mol. The molecule has 1 N–H and O–H groups in total. The molecule has 3 aromatic rings. The van der Waals surface area contributed by atoms with Gasteiger partial charge in [-0.2, -0.15) is 15.4 Å². The van der Waals surface area contributed by atoms with Crippen LogP contribution in [-0.4, -0.2) is 34.3 Å². The number of benzene rings is 2. The molecular formula is C18H16N5O3-. The highest BCUT2D eigenvalue weighted by Gasteiger charge is 2.07. The van der Waals surface area contributed by atoms with Gasteiger partial charge >= 0.3 is 5.56 Å². The van der Waals surface area contributed by atoms with Crippen LogP contribution in [0.3, 0.4) is 0 Å². The molecule has 0 amide bonds. The maximum absolute atomic E-state index is 12.2. The van der Waals surface area contributed by atoms with Crippen molar-refractivity contribution in [2.45, 2.75) is 6.54 Å². The van der Waals surface area contributed by atoms with Gasteiger partial charge in [0.05, 0.1) is 19.9 Å². The van der Waals surface area contributed by atoms with Gasteiger partial charge in [-0.05, 0) is 35.4 Å². The Balaban J connectivity index is 1.74. The third-order valence-electron chi connectivity index (χ3n) is 3.54. The predicted molar refractivity (Wildman–Crippen MR) is 95.5 cm³/mol. The topological polar surface area (TPSA) is 108 Å². The molecule has 8 nitrogen and oxygen atoms in total. The molecule has 132 valence electrons. The fourth-order valence-electron chi connectivity index (χ4n) is 2.14. The number of rotatable bonds is 6. The van der Waals surface area contributed by atoms with Crippen LogP contribution < -0.4 is 15.4 Å². The molecule has 0 bridgehead atoms. The lowest BCUT2D eigenvalue weighted by atomic mass is 10.2. The van der Waals surface area contributed by atoms with Crippen LogP contribution >= 0.6 is 0 Å². The molecule has 3 rings (SSSR count). The van der Waals surface area contributed by atoms with Gasteiger partial charge in [0.15, 0.2) is 5.69 Å². The summed E-state index contributed by atoms with van der Waals surface area (Å²) in [5, 5.41) is 22.2. The first-order valence-corrected chi connectivity index (χ1v) is 7.79. The van der Waals surface area contributed by atoms with E-state index in [0.717, 1.165) is 15.9 Å². The van der Waals surface area contributed by atoms with Gasteiger partial charge in [0.1, 0.15) is 5.75 Å². The highest BCUT2D eigenvalue weighted by molar-refractivity contribution is 5.88. The van der Waals surface area contributed by atoms with Crippen molar-refractivity contribution in [1.82, 2.24) is 15.1 Å². The van der Waals surface area contributed by atoms with E-state index in [2.05, 4.69) is 20.4 Å². The smallest absolute Gasteiger partial charge is 0.316 e. The van der Waals surface area contributed by atoms with Crippen molar-refractivity contribution in [3.05, 3.63) is 81.8 Å². The fourth-order valence-corrected chi connectivity index (χ4v) is 2.14. The van der Waals surface area contributed by atoms with Gasteiger partial charge in [-0.15, -0.1) is 4.79 Å². The first-order chi connectivity index (χ1) is 12.7. The highest BCUT2D eigenvalue weighted by Crippen LogP contribution is 2.09. The molecule has 0 radical (unpaired) electrons. The zero-order valence-corrected chi connectivity index (χ0v) is 14.0. The van der Waals surface area contributed by atoms with Crippen LogP contribution in [0.25, 0.3) is 0 Å². The van der Waals surface area contributed by atoms with Gasteiger partial charge in [0.2, 0.25) is 0 Å². The molecule has 0 unspecified atom stereocenters. The van der Waals surface area contributed by atoms with E-state index in [1.165, 1.54) is 6.21 Å². The zero-order valence-electron chi connectivity index (χ0n) is 14.0. The van der Waals surface area contributed by atoms with Crippen LogP contribution in [0.2, 0.25) is 0 Å². The van der Waals surface area contributed by atoms with Crippen molar-refractivity contribution in [2.75, 3.05) is 7.11 Å². The van der Waals surface area contributed by atoms with Gasteiger partial charge in [-0.25, -0.2) is 0 Å². The first kappa shape index (κ1) is 17.2. The van der Waals surface area contributed by atoms with Gasteiger partial charge in [-0.3, -0.25) is 9.79 Å². The molecule has 26 heavy (non-hydrogen) atoms. The summed E-state index contributed by atoms with van der Waals surface area (Å²) in [6, 6.07) is 16.4. The zero-order chi connectivity index (χ0) is 18.4. The summed E-state index contributed by atoms with van der Waals surface area (Å²) in [5.41, 5.74) is 0.674. The number of nitrogens with zero attached hydrogens (tertiary/aromatic N) is 4. The van der Waals surface area contributed by atoms with Crippen molar-refractivity contribution >= 4 is 12.1 Å². The van der Waals surface area contributed by atoms with Crippen molar-refractivity contribution in [1.29, 1.82) is 0 Å². The largest absolute Gasteiger partial charge is 0.857 e. The number of H-pyrrole nitrogens is 1. The number of nitrogens with one attached hydrogen (secondary N) is 1. The minimum atomic E-state index is -0.687. The minimum absolute atomic E-state index is 0.182. The van der Waals surface area contributed by atoms with Crippen LogP contribution in [0, 0.1) is 0 Å². The van der Waals surface area contributed by atoms with E-state index in [0.29, 0.717) is 5.75 Å². The van der Waals surface area contributed by atoms with Crippen LogP contribution in [-0.2, 0) is 6.54 Å². The van der Waals surface area contributed by atoms with Gasteiger partial charge < -0.3 is 9.84 Å². The number of ether oxygens (including phenoxy) is 1. The summed E-state index contributed by atoms with van der Waals surface area (Å²) < 4.78 is 5.07. The molecule has 0 fully saturated rings. The van der Waals surface area contributed by atoms with E-state index in [1.54, 1.807) is 31.4 Å². The van der Waals surface area contributed by atoms with Crippen molar-refractivity contribution in [2.24, 2.45) is 10.1 Å². The van der Waals surface area contributed by atoms with Crippen LogP contribution in [0.15, 0.2) is 69.5 Å². The summed E-state index contributed by atoms with van der Waals surface area (Å²) in [6.07, 6.45) is 1.47. The van der Waals surface area contributed by atoms with Crippen LogP contribution in [0.1, 0.15) is 16.8 Å². The number of aliphatic imine (C=N–C) groups is 1. The average Bonchev–Trinajstić information content (AvgIpc) is 3.06. The maximum Gasteiger partial charge on any atom is 0.316 e. The van der Waals surface area contributed by atoms with E-state index in [9.17, 15) is 9.90 Å². The Labute approximate surface area is 149 Å². The fraction of sp³-hybridized carbons (Fsp3) is 0.111. The molecule has 1 heterocycles. The molecule has 2 aromatic carbocycles. The minimum Gasteiger partial charge on any atom is -0.857 e. The number of aromatic nitrogens is 3. The predicted octanol–water partition coefficient (Wildman–Crippen LogP) is 0.769. The maximum atomic E-state index is 12.2. The molecule has 0 aliphatic rings. The number of hydrogen-bond acceptors (Lipinski definition) is 6. The van der Waals surface area contributed by atoms with Gasteiger partial charge in [-0.1, -0.05) is 30.3 Å². The molecule has 0 atom stereocenters. The molecule has 0 saturated heterocycles. The Kier molecular flexibility index (Phi) is 5.23. The van der Waals surface area contributed by atoms with Gasteiger partial charge in [0, 0.05) is 5.90 Å². The van der Waals surface area contributed by atoms with Gasteiger partial charge in [0.25, 0.3) is 0 Å². The van der Waals surface area contributed by atoms with Crippen molar-refractivity contribution < 1.29 is 9.84 Å². The molecule has 0 spiro atoms. The number of aromatic amines is 1. The number of hydrogen-bond donors (Lipinski definition) is 1. The SMILES string of the molecule is COc1ccc(/C=N/n2[nH]nc(C([O-])=NCc3ccccc3)c2=O)cc1. The lowest BCUT2D eigenvalue weighted by molar-refractivity contribution is -0.213. The van der Waals surface area contributed by atoms with E-state index in [4.69, 9.17) is 4.74 Å². The molecule has 0 saturated carbocycles. The Morgan fingerprint density at radius 3 is 2.65 bits per heavy atom. The van der Waals surface area contributed by atoms with E-state index in [1.807, 2.05) is 30.3 Å². The molecular weight excluding hydrogens is 334 g/mol. The molecule has 8 heteroatoms. The lowest BCUT2D eigenvalue weighted by Crippen LogP contribution is -2.28. The second kappa shape index (κ2) is 7.93. The van der Waals surface area contributed by atoms with Crippen LogP contribution in [0.5, 0.6) is 5.75 Å². The van der Waals surface area contributed by atoms with Crippen LogP contribution in [0.4, 0.5) is 0 Å². The summed E-state index contributed by atoms with van der Waals surface area (Å²) in [6.45, 7) is 0.182. The third-order valence-corrected chi connectivity index (χ3v) is 3.54.